The average Bonchev–Trinajstić information content (AvgIpc) is 2.35. The molecular formula is C14H20ClN4+. The highest BCUT2D eigenvalue weighted by molar-refractivity contribution is 5.85. The molecule has 2 heterocycles. The van der Waals surface area contributed by atoms with Crippen molar-refractivity contribution in [2.24, 2.45) is 0 Å². The van der Waals surface area contributed by atoms with Gasteiger partial charge in [-0.1, -0.05) is 13.0 Å². The zero-order valence-electron chi connectivity index (χ0n) is 11.3. The molecule has 0 saturated carbocycles. The Balaban J connectivity index is 0.00000180. The van der Waals surface area contributed by atoms with Crippen molar-refractivity contribution in [2.75, 3.05) is 5.73 Å². The Labute approximate surface area is 120 Å². The van der Waals surface area contributed by atoms with Crippen LogP contribution in [0.3, 0.4) is 0 Å². The van der Waals surface area contributed by atoms with Crippen LogP contribution >= 0.6 is 12.4 Å². The lowest BCUT2D eigenvalue weighted by molar-refractivity contribution is -0.694. The average molecular weight is 280 g/mol. The van der Waals surface area contributed by atoms with E-state index in [0.717, 1.165) is 24.2 Å². The van der Waals surface area contributed by atoms with Crippen LogP contribution in [-0.4, -0.2) is 9.97 Å². The highest BCUT2D eigenvalue weighted by Gasteiger charge is 2.11. The minimum Gasteiger partial charge on any atom is -0.383 e. The zero-order chi connectivity index (χ0) is 13.0. The van der Waals surface area contributed by atoms with Gasteiger partial charge in [0.15, 0.2) is 18.4 Å². The van der Waals surface area contributed by atoms with Gasteiger partial charge in [0.1, 0.15) is 11.6 Å². The van der Waals surface area contributed by atoms with Crippen LogP contribution in [0, 0.1) is 6.92 Å². The Kier molecular flexibility index (Phi) is 5.70. The van der Waals surface area contributed by atoms with Gasteiger partial charge in [0.05, 0.1) is 5.56 Å². The molecule has 0 fully saturated rings. The highest BCUT2D eigenvalue weighted by Crippen LogP contribution is 2.08. The van der Waals surface area contributed by atoms with E-state index in [1.807, 2.05) is 24.5 Å². The number of aryl methyl sites for hydroxylation is 2. The summed E-state index contributed by atoms with van der Waals surface area (Å²) in [6.07, 6.45) is 5.79. The molecule has 2 rings (SSSR count). The third-order valence-corrected chi connectivity index (χ3v) is 2.93. The van der Waals surface area contributed by atoms with E-state index in [1.54, 1.807) is 0 Å². The van der Waals surface area contributed by atoms with E-state index >= 15 is 0 Å². The predicted octanol–water partition coefficient (Wildman–Crippen LogP) is 2.08. The summed E-state index contributed by atoms with van der Waals surface area (Å²) >= 11 is 0. The van der Waals surface area contributed by atoms with Crippen LogP contribution in [-0.2, 0) is 13.0 Å². The first kappa shape index (κ1) is 15.4. The van der Waals surface area contributed by atoms with Crippen LogP contribution < -0.4 is 10.3 Å². The van der Waals surface area contributed by atoms with Crippen LogP contribution in [0.1, 0.15) is 30.4 Å². The maximum Gasteiger partial charge on any atom is 0.179 e. The number of pyridine rings is 1. The lowest BCUT2D eigenvalue weighted by atomic mass is 10.2. The number of aromatic nitrogens is 3. The molecule has 0 spiro atoms. The van der Waals surface area contributed by atoms with Gasteiger partial charge in [-0.25, -0.2) is 9.97 Å². The second-order valence-corrected chi connectivity index (χ2v) is 4.42. The summed E-state index contributed by atoms with van der Waals surface area (Å²) in [4.78, 5) is 8.69. The number of nitrogen functional groups attached to an aromatic ring is 1. The van der Waals surface area contributed by atoms with E-state index in [-0.39, 0.29) is 12.4 Å². The SMILES string of the molecule is CCCc1ncc(C[n+]2ccccc2C)c(N)n1.Cl. The first-order chi connectivity index (χ1) is 8.70. The summed E-state index contributed by atoms with van der Waals surface area (Å²) in [7, 11) is 0. The van der Waals surface area contributed by atoms with Crippen LogP contribution in [0.2, 0.25) is 0 Å². The normalized spacial score (nSPS) is 10.0. The molecule has 0 atom stereocenters. The standard InChI is InChI=1S/C14H19N4.ClH/c1-3-6-13-16-9-12(14(15)17-13)10-18-8-5-4-7-11(18)2;/h4-5,7-9H,3,6,10H2,1-2H3,(H2,15,16,17);1H/q+1;. The number of hydrogen-bond donors (Lipinski definition) is 1. The van der Waals surface area contributed by atoms with Gasteiger partial charge in [0.25, 0.3) is 0 Å². The third-order valence-electron chi connectivity index (χ3n) is 2.93. The van der Waals surface area contributed by atoms with Gasteiger partial charge in [0, 0.05) is 31.7 Å². The first-order valence-electron chi connectivity index (χ1n) is 6.26. The Morgan fingerprint density at radius 2 is 2.11 bits per heavy atom. The molecule has 2 N–H and O–H groups in total. The number of nitrogens with zero attached hydrogens (tertiary/aromatic N) is 3. The molecule has 0 aliphatic heterocycles. The molecule has 19 heavy (non-hydrogen) atoms. The zero-order valence-corrected chi connectivity index (χ0v) is 12.2. The maximum absolute atomic E-state index is 5.99. The lowest BCUT2D eigenvalue weighted by Crippen LogP contribution is -2.37. The molecule has 0 amide bonds. The Bertz CT molecular complexity index is 543. The summed E-state index contributed by atoms with van der Waals surface area (Å²) < 4.78 is 2.13. The minimum absolute atomic E-state index is 0. The molecule has 0 unspecified atom stereocenters. The van der Waals surface area contributed by atoms with Gasteiger partial charge in [-0.3, -0.25) is 0 Å². The highest BCUT2D eigenvalue weighted by atomic mass is 35.5. The Morgan fingerprint density at radius 3 is 2.74 bits per heavy atom. The van der Waals surface area contributed by atoms with Crippen molar-refractivity contribution in [3.05, 3.63) is 47.7 Å². The van der Waals surface area contributed by atoms with Crippen molar-refractivity contribution in [1.29, 1.82) is 0 Å². The molecule has 0 aromatic carbocycles. The first-order valence-corrected chi connectivity index (χ1v) is 6.26. The van der Waals surface area contributed by atoms with Crippen LogP contribution in [0.5, 0.6) is 0 Å². The molecule has 4 nitrogen and oxygen atoms in total. The van der Waals surface area contributed by atoms with Gasteiger partial charge in [-0.2, -0.15) is 4.57 Å². The molecule has 0 aliphatic rings. The van der Waals surface area contributed by atoms with Crippen molar-refractivity contribution in [1.82, 2.24) is 9.97 Å². The fourth-order valence-corrected chi connectivity index (χ4v) is 1.85. The van der Waals surface area contributed by atoms with E-state index < -0.39 is 0 Å². The molecule has 0 bridgehead atoms. The monoisotopic (exact) mass is 279 g/mol. The summed E-state index contributed by atoms with van der Waals surface area (Å²) in [5.74, 6) is 1.41. The summed E-state index contributed by atoms with van der Waals surface area (Å²) in [6.45, 7) is 4.89. The quantitative estimate of drug-likeness (QED) is 0.872. The van der Waals surface area contributed by atoms with Crippen molar-refractivity contribution in [2.45, 2.75) is 33.2 Å². The number of anilines is 1. The summed E-state index contributed by atoms with van der Waals surface area (Å²) in [6, 6.07) is 6.11. The van der Waals surface area contributed by atoms with Gasteiger partial charge < -0.3 is 5.73 Å². The van der Waals surface area contributed by atoms with E-state index in [0.29, 0.717) is 12.4 Å². The Hall–Kier alpha value is -1.68. The number of nitrogens with two attached hydrogens (primary N) is 1. The largest absolute Gasteiger partial charge is 0.383 e. The molecule has 0 aliphatic carbocycles. The Morgan fingerprint density at radius 1 is 1.32 bits per heavy atom. The van der Waals surface area contributed by atoms with Crippen LogP contribution in [0.15, 0.2) is 30.6 Å². The van der Waals surface area contributed by atoms with E-state index in [1.165, 1.54) is 5.69 Å². The molecule has 5 heteroatoms. The topological polar surface area (TPSA) is 55.7 Å². The fraction of sp³-hybridized carbons (Fsp3) is 0.357. The third kappa shape index (κ3) is 3.89. The maximum atomic E-state index is 5.99. The van der Waals surface area contributed by atoms with Crippen molar-refractivity contribution in [3.8, 4) is 0 Å². The smallest absolute Gasteiger partial charge is 0.179 e. The van der Waals surface area contributed by atoms with Crippen molar-refractivity contribution >= 4 is 18.2 Å². The van der Waals surface area contributed by atoms with Gasteiger partial charge in [0.2, 0.25) is 0 Å². The second kappa shape index (κ2) is 7.04. The lowest BCUT2D eigenvalue weighted by Gasteiger charge is -2.05. The van der Waals surface area contributed by atoms with E-state index in [9.17, 15) is 0 Å². The van der Waals surface area contributed by atoms with Crippen LogP contribution in [0.25, 0.3) is 0 Å². The molecule has 0 radical (unpaired) electrons. The number of rotatable bonds is 4. The number of halogens is 1. The summed E-state index contributed by atoms with van der Waals surface area (Å²) in [5.41, 5.74) is 8.14. The fourth-order valence-electron chi connectivity index (χ4n) is 1.85. The minimum atomic E-state index is 0. The second-order valence-electron chi connectivity index (χ2n) is 4.42. The molecule has 2 aromatic rings. The summed E-state index contributed by atoms with van der Waals surface area (Å²) in [5, 5.41) is 0. The van der Waals surface area contributed by atoms with E-state index in [4.69, 9.17) is 5.73 Å². The van der Waals surface area contributed by atoms with Gasteiger partial charge in [-0.15, -0.1) is 12.4 Å². The van der Waals surface area contributed by atoms with Gasteiger partial charge >= 0.3 is 0 Å². The molecule has 0 saturated heterocycles. The molecule has 2 aromatic heterocycles. The van der Waals surface area contributed by atoms with Crippen LogP contribution in [0.4, 0.5) is 5.82 Å². The van der Waals surface area contributed by atoms with Crippen molar-refractivity contribution < 1.29 is 4.57 Å². The number of hydrogen-bond acceptors (Lipinski definition) is 3. The molecular weight excluding hydrogens is 260 g/mol. The van der Waals surface area contributed by atoms with Gasteiger partial charge in [-0.05, 0) is 6.42 Å². The molecule has 102 valence electrons. The van der Waals surface area contributed by atoms with E-state index in [2.05, 4.69) is 34.4 Å². The predicted molar refractivity (Wildman–Crippen MR) is 78.2 cm³/mol. The van der Waals surface area contributed by atoms with Crippen molar-refractivity contribution in [3.63, 3.8) is 0 Å².